The van der Waals surface area contributed by atoms with E-state index in [0.717, 1.165) is 0 Å². The third kappa shape index (κ3) is 1.22. The molecule has 1 saturated heterocycles. The van der Waals surface area contributed by atoms with E-state index >= 15 is 0 Å². The largest absolute Gasteiger partial charge is 0.373 e. The Hall–Kier alpha value is -0.0400. The summed E-state index contributed by atoms with van der Waals surface area (Å²) in [6.45, 7) is 6.43. The summed E-state index contributed by atoms with van der Waals surface area (Å²) in [7, 11) is 0. The summed E-state index contributed by atoms with van der Waals surface area (Å²) < 4.78 is 5.55. The molecule has 0 aromatic carbocycles. The molecule has 0 spiro atoms. The average molecular weight is 114 g/mol. The second kappa shape index (κ2) is 1.73. The molecule has 0 bridgehead atoms. The van der Waals surface area contributed by atoms with Crippen LogP contribution in [-0.2, 0) is 4.74 Å². The van der Waals surface area contributed by atoms with Crippen LogP contribution in [0, 0.1) is 0 Å². The number of rotatable bonds is 0. The smallest absolute Gasteiger partial charge is 0.0631 e. The van der Waals surface area contributed by atoms with E-state index in [4.69, 9.17) is 4.74 Å². The molecule has 1 rings (SSSR count). The van der Waals surface area contributed by atoms with E-state index in [1.165, 1.54) is 12.8 Å². The van der Waals surface area contributed by atoms with Crippen LogP contribution in [0.15, 0.2) is 0 Å². The van der Waals surface area contributed by atoms with Crippen LogP contribution < -0.4 is 0 Å². The van der Waals surface area contributed by atoms with Crippen molar-refractivity contribution < 1.29 is 4.74 Å². The van der Waals surface area contributed by atoms with Crippen molar-refractivity contribution in [1.82, 2.24) is 0 Å². The van der Waals surface area contributed by atoms with Gasteiger partial charge in [-0.05, 0) is 33.6 Å². The topological polar surface area (TPSA) is 9.23 Å². The molecule has 8 heavy (non-hydrogen) atoms. The molecule has 1 heteroatoms. The minimum atomic E-state index is 0.166. The summed E-state index contributed by atoms with van der Waals surface area (Å²) in [6.07, 6.45) is 2.94. The Morgan fingerprint density at radius 3 is 2.25 bits per heavy atom. The Kier molecular flexibility index (Phi) is 1.31. The molecule has 0 aliphatic carbocycles. The van der Waals surface area contributed by atoms with Crippen molar-refractivity contribution in [1.29, 1.82) is 0 Å². The van der Waals surface area contributed by atoms with E-state index in [1.54, 1.807) is 0 Å². The Balaban J connectivity index is 2.44. The number of ether oxygens (including phenoxy) is 1. The number of hydrogen-bond acceptors (Lipinski definition) is 1. The minimum absolute atomic E-state index is 0.166. The molecule has 48 valence electrons. The van der Waals surface area contributed by atoms with Crippen LogP contribution in [-0.4, -0.2) is 11.7 Å². The fourth-order valence-electron chi connectivity index (χ4n) is 1.21. The maximum atomic E-state index is 5.55. The average Bonchev–Trinajstić information content (AvgIpc) is 1.82. The van der Waals surface area contributed by atoms with Crippen LogP contribution in [0.4, 0.5) is 0 Å². The molecule has 0 unspecified atom stereocenters. The summed E-state index contributed by atoms with van der Waals surface area (Å²) in [6, 6.07) is 0. The molecular weight excluding hydrogens is 100 g/mol. The van der Waals surface area contributed by atoms with Gasteiger partial charge in [0.15, 0.2) is 0 Å². The standard InChI is InChI=1S/C7H14O/c1-6-4-5-7(2,3)8-6/h6H,4-5H2,1-3H3/t6-/m1/s1. The molecule has 0 aromatic rings. The predicted octanol–water partition coefficient (Wildman–Crippen LogP) is 1.96. The van der Waals surface area contributed by atoms with Gasteiger partial charge in [0.1, 0.15) is 0 Å². The van der Waals surface area contributed by atoms with Gasteiger partial charge in [0, 0.05) is 0 Å². The molecule has 0 saturated carbocycles. The van der Waals surface area contributed by atoms with Crippen LogP contribution >= 0.6 is 0 Å². The molecule has 0 aromatic heterocycles. The van der Waals surface area contributed by atoms with Crippen LogP contribution in [0.5, 0.6) is 0 Å². The van der Waals surface area contributed by atoms with Crippen LogP contribution in [0.2, 0.25) is 0 Å². The first-order valence-electron chi connectivity index (χ1n) is 3.28. The van der Waals surface area contributed by atoms with E-state index in [2.05, 4.69) is 20.8 Å². The summed E-state index contributed by atoms with van der Waals surface area (Å²) in [5.74, 6) is 0. The van der Waals surface area contributed by atoms with Crippen molar-refractivity contribution in [2.24, 2.45) is 0 Å². The van der Waals surface area contributed by atoms with E-state index in [1.807, 2.05) is 0 Å². The van der Waals surface area contributed by atoms with E-state index in [0.29, 0.717) is 6.10 Å². The van der Waals surface area contributed by atoms with Crippen molar-refractivity contribution in [3.05, 3.63) is 0 Å². The molecule has 0 amide bonds. The summed E-state index contributed by atoms with van der Waals surface area (Å²) in [5.41, 5.74) is 0.166. The molecule has 0 N–H and O–H groups in total. The van der Waals surface area contributed by atoms with Gasteiger partial charge >= 0.3 is 0 Å². The highest BCUT2D eigenvalue weighted by Crippen LogP contribution is 2.28. The van der Waals surface area contributed by atoms with E-state index in [9.17, 15) is 0 Å². The van der Waals surface area contributed by atoms with Crippen LogP contribution in [0.25, 0.3) is 0 Å². The summed E-state index contributed by atoms with van der Waals surface area (Å²) in [5, 5.41) is 0. The lowest BCUT2D eigenvalue weighted by atomic mass is 10.1. The molecule has 1 fully saturated rings. The van der Waals surface area contributed by atoms with Crippen LogP contribution in [0.1, 0.15) is 33.6 Å². The third-order valence-corrected chi connectivity index (χ3v) is 1.67. The molecular formula is C7H14O. The second-order valence-electron chi connectivity index (χ2n) is 3.23. The minimum Gasteiger partial charge on any atom is -0.373 e. The van der Waals surface area contributed by atoms with E-state index < -0.39 is 0 Å². The van der Waals surface area contributed by atoms with E-state index in [-0.39, 0.29) is 5.60 Å². The lowest BCUT2D eigenvalue weighted by Gasteiger charge is -2.16. The number of hydrogen-bond donors (Lipinski definition) is 0. The molecule has 1 aliphatic heterocycles. The first-order valence-corrected chi connectivity index (χ1v) is 3.28. The maximum Gasteiger partial charge on any atom is 0.0631 e. The first-order chi connectivity index (χ1) is 3.60. The Morgan fingerprint density at radius 1 is 1.50 bits per heavy atom. The van der Waals surface area contributed by atoms with Crippen molar-refractivity contribution in [2.45, 2.75) is 45.3 Å². The highest BCUT2D eigenvalue weighted by molar-refractivity contribution is 4.77. The monoisotopic (exact) mass is 114 g/mol. The highest BCUT2D eigenvalue weighted by Gasteiger charge is 2.28. The van der Waals surface area contributed by atoms with Crippen LogP contribution in [0.3, 0.4) is 0 Å². The molecule has 1 nitrogen and oxygen atoms in total. The predicted molar refractivity (Wildman–Crippen MR) is 33.9 cm³/mol. The normalized spacial score (nSPS) is 35.6. The molecule has 1 atom stereocenters. The SMILES string of the molecule is C[C@@H]1CCC(C)(C)O1. The maximum absolute atomic E-state index is 5.55. The van der Waals surface area contributed by atoms with Gasteiger partial charge in [0.25, 0.3) is 0 Å². The van der Waals surface area contributed by atoms with Crippen molar-refractivity contribution in [2.75, 3.05) is 0 Å². The Bertz CT molecular complexity index is 86.4. The summed E-state index contributed by atoms with van der Waals surface area (Å²) >= 11 is 0. The zero-order valence-electron chi connectivity index (χ0n) is 5.90. The Labute approximate surface area is 51.0 Å². The zero-order valence-corrected chi connectivity index (χ0v) is 5.90. The van der Waals surface area contributed by atoms with Gasteiger partial charge in [-0.1, -0.05) is 0 Å². The quantitative estimate of drug-likeness (QED) is 0.468. The van der Waals surface area contributed by atoms with Gasteiger partial charge in [0.05, 0.1) is 11.7 Å². The fraction of sp³-hybridized carbons (Fsp3) is 1.00. The lowest BCUT2D eigenvalue weighted by Crippen LogP contribution is -2.18. The molecule has 0 radical (unpaired) electrons. The van der Waals surface area contributed by atoms with Gasteiger partial charge in [-0.25, -0.2) is 0 Å². The van der Waals surface area contributed by atoms with Crippen molar-refractivity contribution >= 4 is 0 Å². The first kappa shape index (κ1) is 6.09. The molecule has 1 aliphatic rings. The Morgan fingerprint density at radius 2 is 2.12 bits per heavy atom. The lowest BCUT2D eigenvalue weighted by molar-refractivity contribution is -0.00669. The van der Waals surface area contributed by atoms with Gasteiger partial charge < -0.3 is 4.74 Å². The van der Waals surface area contributed by atoms with Crippen molar-refractivity contribution in [3.8, 4) is 0 Å². The third-order valence-electron chi connectivity index (χ3n) is 1.67. The summed E-state index contributed by atoms with van der Waals surface area (Å²) in [4.78, 5) is 0. The fourth-order valence-corrected chi connectivity index (χ4v) is 1.21. The van der Waals surface area contributed by atoms with Gasteiger partial charge in [0.2, 0.25) is 0 Å². The van der Waals surface area contributed by atoms with Crippen molar-refractivity contribution in [3.63, 3.8) is 0 Å². The zero-order chi connectivity index (χ0) is 6.20. The van der Waals surface area contributed by atoms with Gasteiger partial charge in [-0.15, -0.1) is 0 Å². The second-order valence-corrected chi connectivity index (χ2v) is 3.23. The van der Waals surface area contributed by atoms with Gasteiger partial charge in [-0.2, -0.15) is 0 Å². The van der Waals surface area contributed by atoms with Gasteiger partial charge in [-0.3, -0.25) is 0 Å². The highest BCUT2D eigenvalue weighted by atomic mass is 16.5. The molecule has 1 heterocycles.